The Balaban J connectivity index is 0.000000217. The quantitative estimate of drug-likeness (QED) is 0.772. The monoisotopic (exact) mass is 317 g/mol. The first-order valence-corrected chi connectivity index (χ1v) is 6.88. The minimum absolute atomic E-state index is 0.0147. The summed E-state index contributed by atoms with van der Waals surface area (Å²) in [5, 5.41) is 10.6. The van der Waals surface area contributed by atoms with Crippen molar-refractivity contribution in [2.24, 2.45) is 0 Å². The molecule has 7 heteroatoms. The molecule has 0 bridgehead atoms. The SMILES string of the molecule is Cc1cccc2c1CO[C@]1(C)CNC[C@H]21.O=C(O)C(F)(F)F. The summed E-state index contributed by atoms with van der Waals surface area (Å²) < 4.78 is 37.8. The lowest BCUT2D eigenvalue weighted by atomic mass is 9.80. The second-order valence-electron chi connectivity index (χ2n) is 5.73. The van der Waals surface area contributed by atoms with E-state index in [1.165, 1.54) is 16.7 Å². The molecular weight excluding hydrogens is 299 g/mol. The molecule has 4 nitrogen and oxygen atoms in total. The van der Waals surface area contributed by atoms with Crippen molar-refractivity contribution in [3.05, 3.63) is 34.9 Å². The Morgan fingerprint density at radius 1 is 1.45 bits per heavy atom. The molecule has 0 aromatic heterocycles. The predicted molar refractivity (Wildman–Crippen MR) is 73.7 cm³/mol. The number of fused-ring (bicyclic) bond motifs is 3. The van der Waals surface area contributed by atoms with Crippen molar-refractivity contribution >= 4 is 5.97 Å². The van der Waals surface area contributed by atoms with Gasteiger partial charge in [-0.05, 0) is 30.5 Å². The van der Waals surface area contributed by atoms with Gasteiger partial charge in [0.1, 0.15) is 0 Å². The molecular formula is C15H18F3NO3. The van der Waals surface area contributed by atoms with Crippen molar-refractivity contribution < 1.29 is 27.8 Å². The summed E-state index contributed by atoms with van der Waals surface area (Å²) in [4.78, 5) is 8.90. The second kappa shape index (κ2) is 5.89. The molecule has 1 saturated heterocycles. The Morgan fingerprint density at radius 3 is 2.68 bits per heavy atom. The first kappa shape index (κ1) is 16.8. The zero-order chi connectivity index (χ0) is 16.5. The number of carbonyl (C=O) groups is 1. The maximum absolute atomic E-state index is 10.6. The van der Waals surface area contributed by atoms with Gasteiger partial charge in [0, 0.05) is 19.0 Å². The third kappa shape index (κ3) is 3.25. The van der Waals surface area contributed by atoms with Crippen molar-refractivity contribution in [1.82, 2.24) is 5.32 Å². The van der Waals surface area contributed by atoms with Gasteiger partial charge in [-0.1, -0.05) is 18.2 Å². The van der Waals surface area contributed by atoms with Gasteiger partial charge in [0.2, 0.25) is 0 Å². The third-order valence-electron chi connectivity index (χ3n) is 4.17. The Hall–Kier alpha value is -1.60. The molecule has 3 rings (SSSR count). The molecule has 0 aliphatic carbocycles. The molecule has 1 aromatic rings. The zero-order valence-corrected chi connectivity index (χ0v) is 12.3. The van der Waals surface area contributed by atoms with Crippen LogP contribution in [-0.2, 0) is 16.1 Å². The number of rotatable bonds is 0. The molecule has 0 spiro atoms. The average molecular weight is 317 g/mol. The van der Waals surface area contributed by atoms with Crippen molar-refractivity contribution in [2.45, 2.75) is 38.1 Å². The number of carboxylic acid groups (broad SMARTS) is 1. The number of aliphatic carboxylic acids is 1. The van der Waals surface area contributed by atoms with Crippen LogP contribution in [0, 0.1) is 6.92 Å². The van der Waals surface area contributed by atoms with Gasteiger partial charge in [0.15, 0.2) is 0 Å². The number of alkyl halides is 3. The van der Waals surface area contributed by atoms with E-state index < -0.39 is 12.1 Å². The van der Waals surface area contributed by atoms with Crippen molar-refractivity contribution in [2.75, 3.05) is 13.1 Å². The Labute approximate surface area is 126 Å². The number of benzene rings is 1. The molecule has 122 valence electrons. The van der Waals surface area contributed by atoms with E-state index in [-0.39, 0.29) is 5.60 Å². The van der Waals surface area contributed by atoms with E-state index in [1.54, 1.807) is 0 Å². The topological polar surface area (TPSA) is 58.6 Å². The molecule has 2 aliphatic heterocycles. The highest BCUT2D eigenvalue weighted by Gasteiger charge is 2.44. The van der Waals surface area contributed by atoms with E-state index in [4.69, 9.17) is 14.6 Å². The molecule has 2 heterocycles. The van der Waals surface area contributed by atoms with Gasteiger partial charge in [-0.25, -0.2) is 4.79 Å². The molecule has 2 atom stereocenters. The maximum Gasteiger partial charge on any atom is 0.490 e. The third-order valence-corrected chi connectivity index (χ3v) is 4.17. The lowest BCUT2D eigenvalue weighted by Crippen LogP contribution is -2.39. The maximum atomic E-state index is 10.6. The molecule has 1 aromatic carbocycles. The summed E-state index contributed by atoms with van der Waals surface area (Å²) in [5.74, 6) is -2.23. The number of nitrogens with one attached hydrogen (secondary N) is 1. The van der Waals surface area contributed by atoms with Crippen LogP contribution in [-0.4, -0.2) is 35.9 Å². The fourth-order valence-corrected chi connectivity index (χ4v) is 2.88. The van der Waals surface area contributed by atoms with Crippen molar-refractivity contribution in [1.29, 1.82) is 0 Å². The van der Waals surface area contributed by atoms with Crippen LogP contribution in [0.4, 0.5) is 13.2 Å². The van der Waals surface area contributed by atoms with Crippen molar-refractivity contribution in [3.63, 3.8) is 0 Å². The Bertz CT molecular complexity index is 574. The predicted octanol–water partition coefficient (Wildman–Crippen LogP) is 2.60. The Kier molecular flexibility index (Phi) is 4.49. The number of hydrogen-bond donors (Lipinski definition) is 2. The van der Waals surface area contributed by atoms with Crippen LogP contribution in [0.1, 0.15) is 29.5 Å². The van der Waals surface area contributed by atoms with Crippen LogP contribution in [0.15, 0.2) is 18.2 Å². The summed E-state index contributed by atoms with van der Waals surface area (Å²) >= 11 is 0. The smallest absolute Gasteiger partial charge is 0.475 e. The van der Waals surface area contributed by atoms with E-state index in [9.17, 15) is 13.2 Å². The minimum Gasteiger partial charge on any atom is -0.475 e. The standard InChI is InChI=1S/C13H17NO.C2HF3O2/c1-9-4-3-5-10-11(9)7-15-13(2)8-14-6-12(10)13;3-2(4,5)1(6)7/h3-5,12,14H,6-8H2,1-2H3;(H,6,7)/t12-,13-;/m1./s1. The lowest BCUT2D eigenvalue weighted by Gasteiger charge is -2.37. The number of carboxylic acids is 1. The molecule has 0 unspecified atom stereocenters. The van der Waals surface area contributed by atoms with Crippen LogP contribution in [0.2, 0.25) is 0 Å². The number of aryl methyl sites for hydroxylation is 1. The van der Waals surface area contributed by atoms with Crippen LogP contribution in [0.5, 0.6) is 0 Å². The molecule has 1 fully saturated rings. The lowest BCUT2D eigenvalue weighted by molar-refractivity contribution is -0.192. The highest BCUT2D eigenvalue weighted by molar-refractivity contribution is 5.73. The van der Waals surface area contributed by atoms with E-state index in [1.807, 2.05) is 0 Å². The van der Waals surface area contributed by atoms with Gasteiger partial charge < -0.3 is 15.2 Å². The van der Waals surface area contributed by atoms with E-state index in [0.717, 1.165) is 19.7 Å². The second-order valence-corrected chi connectivity index (χ2v) is 5.73. The molecule has 22 heavy (non-hydrogen) atoms. The molecule has 0 saturated carbocycles. The molecule has 0 radical (unpaired) electrons. The molecule has 0 amide bonds. The number of halogens is 3. The summed E-state index contributed by atoms with van der Waals surface area (Å²) in [6, 6.07) is 6.60. The van der Waals surface area contributed by atoms with Gasteiger partial charge >= 0.3 is 12.1 Å². The van der Waals surface area contributed by atoms with Crippen LogP contribution >= 0.6 is 0 Å². The van der Waals surface area contributed by atoms with Crippen LogP contribution in [0.25, 0.3) is 0 Å². The molecule has 2 aliphatic rings. The Morgan fingerprint density at radius 2 is 2.09 bits per heavy atom. The number of ether oxygens (including phenoxy) is 1. The highest BCUT2D eigenvalue weighted by Crippen LogP contribution is 2.41. The average Bonchev–Trinajstić information content (AvgIpc) is 2.81. The van der Waals surface area contributed by atoms with Crippen LogP contribution in [0.3, 0.4) is 0 Å². The first-order chi connectivity index (χ1) is 10.1. The highest BCUT2D eigenvalue weighted by atomic mass is 19.4. The minimum atomic E-state index is -5.08. The summed E-state index contributed by atoms with van der Waals surface area (Å²) in [5.41, 5.74) is 4.28. The largest absolute Gasteiger partial charge is 0.490 e. The van der Waals surface area contributed by atoms with Gasteiger partial charge in [0.05, 0.1) is 12.2 Å². The van der Waals surface area contributed by atoms with Gasteiger partial charge in [0.25, 0.3) is 0 Å². The van der Waals surface area contributed by atoms with Gasteiger partial charge in [-0.15, -0.1) is 0 Å². The first-order valence-electron chi connectivity index (χ1n) is 6.88. The summed E-state index contributed by atoms with van der Waals surface area (Å²) in [7, 11) is 0. The fraction of sp³-hybridized carbons (Fsp3) is 0.533. The van der Waals surface area contributed by atoms with Gasteiger partial charge in [-0.2, -0.15) is 13.2 Å². The van der Waals surface area contributed by atoms with E-state index in [0.29, 0.717) is 5.92 Å². The van der Waals surface area contributed by atoms with Gasteiger partial charge in [-0.3, -0.25) is 0 Å². The fourth-order valence-electron chi connectivity index (χ4n) is 2.88. The zero-order valence-electron chi connectivity index (χ0n) is 12.3. The van der Waals surface area contributed by atoms with E-state index in [2.05, 4.69) is 37.4 Å². The summed E-state index contributed by atoms with van der Waals surface area (Å²) in [6.45, 7) is 7.20. The molecule has 2 N–H and O–H groups in total. The summed E-state index contributed by atoms with van der Waals surface area (Å²) in [6.07, 6.45) is -5.08. The van der Waals surface area contributed by atoms with E-state index >= 15 is 0 Å². The van der Waals surface area contributed by atoms with Crippen molar-refractivity contribution in [3.8, 4) is 0 Å². The van der Waals surface area contributed by atoms with Crippen LogP contribution < -0.4 is 5.32 Å². The normalized spacial score (nSPS) is 26.5. The number of hydrogen-bond acceptors (Lipinski definition) is 3.